The Balaban J connectivity index is 2.12. The topological polar surface area (TPSA) is 46.2 Å². The lowest BCUT2D eigenvalue weighted by Crippen LogP contribution is -2.20. The molecule has 0 aromatic heterocycles. The number of aliphatic hydroxyl groups excluding tert-OH is 1. The zero-order chi connectivity index (χ0) is 10.7. The molecule has 1 aliphatic carbocycles. The van der Waals surface area contributed by atoms with E-state index in [-0.39, 0.29) is 12.5 Å². The molecule has 3 N–H and O–H groups in total. The zero-order valence-corrected chi connectivity index (χ0v) is 9.02. The Morgan fingerprint density at radius 3 is 2.67 bits per heavy atom. The number of benzene rings is 1. The van der Waals surface area contributed by atoms with Crippen LogP contribution in [0.5, 0.6) is 0 Å². The molecule has 2 nitrogen and oxygen atoms in total. The van der Waals surface area contributed by atoms with Gasteiger partial charge in [-0.2, -0.15) is 0 Å². The van der Waals surface area contributed by atoms with Crippen molar-refractivity contribution in [3.05, 3.63) is 35.4 Å². The standard InChI is InChI=1S/C13H19NO/c14-8-10(9-15)7-12-3-1-2-4-13(12)11-5-6-11/h1-4,10-11,15H,5-9,14H2. The summed E-state index contributed by atoms with van der Waals surface area (Å²) in [4.78, 5) is 0. The maximum atomic E-state index is 9.15. The second kappa shape index (κ2) is 4.77. The van der Waals surface area contributed by atoms with Gasteiger partial charge in [0, 0.05) is 6.61 Å². The molecule has 0 amide bonds. The van der Waals surface area contributed by atoms with Crippen LogP contribution >= 0.6 is 0 Å². The van der Waals surface area contributed by atoms with Gasteiger partial charge in [-0.25, -0.2) is 0 Å². The number of nitrogens with two attached hydrogens (primary N) is 1. The van der Waals surface area contributed by atoms with Crippen molar-refractivity contribution in [2.45, 2.75) is 25.2 Å². The molecule has 0 bridgehead atoms. The van der Waals surface area contributed by atoms with Crippen LogP contribution in [0.3, 0.4) is 0 Å². The molecule has 1 fully saturated rings. The average Bonchev–Trinajstić information content (AvgIpc) is 3.10. The molecule has 1 unspecified atom stereocenters. The first kappa shape index (κ1) is 10.7. The number of hydrogen-bond acceptors (Lipinski definition) is 2. The molecule has 15 heavy (non-hydrogen) atoms. The van der Waals surface area contributed by atoms with Crippen LogP contribution in [-0.4, -0.2) is 18.3 Å². The maximum Gasteiger partial charge on any atom is 0.0474 e. The Labute approximate surface area is 91.1 Å². The highest BCUT2D eigenvalue weighted by atomic mass is 16.3. The summed E-state index contributed by atoms with van der Waals surface area (Å²) >= 11 is 0. The highest BCUT2D eigenvalue weighted by Crippen LogP contribution is 2.41. The van der Waals surface area contributed by atoms with Crippen molar-refractivity contribution in [2.75, 3.05) is 13.2 Å². The first-order valence-electron chi connectivity index (χ1n) is 5.74. The van der Waals surface area contributed by atoms with E-state index >= 15 is 0 Å². The van der Waals surface area contributed by atoms with Crippen molar-refractivity contribution < 1.29 is 5.11 Å². The summed E-state index contributed by atoms with van der Waals surface area (Å²) in [6, 6.07) is 8.57. The van der Waals surface area contributed by atoms with Crippen molar-refractivity contribution in [2.24, 2.45) is 11.7 Å². The SMILES string of the molecule is NCC(CO)Cc1ccccc1C1CC1. The lowest BCUT2D eigenvalue weighted by Gasteiger charge is -2.14. The Morgan fingerprint density at radius 2 is 2.07 bits per heavy atom. The van der Waals surface area contributed by atoms with Gasteiger partial charge in [0.25, 0.3) is 0 Å². The van der Waals surface area contributed by atoms with Crippen molar-refractivity contribution in [3.8, 4) is 0 Å². The van der Waals surface area contributed by atoms with E-state index in [4.69, 9.17) is 10.8 Å². The Morgan fingerprint density at radius 1 is 1.33 bits per heavy atom. The van der Waals surface area contributed by atoms with Crippen LogP contribution in [0.1, 0.15) is 29.9 Å². The third kappa shape index (κ3) is 2.58. The Bertz CT molecular complexity index is 316. The number of hydrogen-bond donors (Lipinski definition) is 2. The predicted molar refractivity (Wildman–Crippen MR) is 61.8 cm³/mol. The predicted octanol–water partition coefficient (Wildman–Crippen LogP) is 1.67. The van der Waals surface area contributed by atoms with Crippen LogP contribution in [0, 0.1) is 5.92 Å². The van der Waals surface area contributed by atoms with Crippen molar-refractivity contribution >= 4 is 0 Å². The molecule has 82 valence electrons. The molecular formula is C13H19NO. The molecule has 1 aromatic carbocycles. The van der Waals surface area contributed by atoms with Gasteiger partial charge in [-0.3, -0.25) is 0 Å². The van der Waals surface area contributed by atoms with E-state index in [1.54, 1.807) is 0 Å². The van der Waals surface area contributed by atoms with E-state index in [0.717, 1.165) is 12.3 Å². The molecule has 0 saturated heterocycles. The molecule has 1 saturated carbocycles. The van der Waals surface area contributed by atoms with Crippen LogP contribution in [0.15, 0.2) is 24.3 Å². The fourth-order valence-corrected chi connectivity index (χ4v) is 2.05. The van der Waals surface area contributed by atoms with Gasteiger partial charge in [0.1, 0.15) is 0 Å². The van der Waals surface area contributed by atoms with Gasteiger partial charge < -0.3 is 10.8 Å². The van der Waals surface area contributed by atoms with E-state index < -0.39 is 0 Å². The highest BCUT2D eigenvalue weighted by Gasteiger charge is 2.25. The van der Waals surface area contributed by atoms with Gasteiger partial charge in [0.05, 0.1) is 0 Å². The van der Waals surface area contributed by atoms with Gasteiger partial charge in [-0.1, -0.05) is 24.3 Å². The molecule has 1 aliphatic rings. The van der Waals surface area contributed by atoms with Crippen LogP contribution in [0.4, 0.5) is 0 Å². The van der Waals surface area contributed by atoms with Gasteiger partial charge >= 0.3 is 0 Å². The van der Waals surface area contributed by atoms with Crippen LogP contribution in [0.25, 0.3) is 0 Å². The first-order chi connectivity index (χ1) is 7.35. The van der Waals surface area contributed by atoms with Gasteiger partial charge in [-0.05, 0) is 48.8 Å². The second-order valence-electron chi connectivity index (χ2n) is 4.46. The summed E-state index contributed by atoms with van der Waals surface area (Å²) in [5.74, 6) is 0.989. The molecule has 1 aromatic rings. The quantitative estimate of drug-likeness (QED) is 0.768. The lowest BCUT2D eigenvalue weighted by atomic mass is 9.94. The molecule has 1 atom stereocenters. The fourth-order valence-electron chi connectivity index (χ4n) is 2.05. The van der Waals surface area contributed by atoms with Crippen molar-refractivity contribution in [1.29, 1.82) is 0 Å². The van der Waals surface area contributed by atoms with Crippen LogP contribution in [-0.2, 0) is 6.42 Å². The first-order valence-corrected chi connectivity index (χ1v) is 5.74. The van der Waals surface area contributed by atoms with E-state index in [0.29, 0.717) is 6.54 Å². The zero-order valence-electron chi connectivity index (χ0n) is 9.02. The van der Waals surface area contributed by atoms with Gasteiger partial charge in [0.15, 0.2) is 0 Å². The van der Waals surface area contributed by atoms with Crippen LogP contribution < -0.4 is 5.73 Å². The van der Waals surface area contributed by atoms with Gasteiger partial charge in [0.2, 0.25) is 0 Å². The smallest absolute Gasteiger partial charge is 0.0474 e. The lowest BCUT2D eigenvalue weighted by molar-refractivity contribution is 0.229. The maximum absolute atomic E-state index is 9.15. The minimum absolute atomic E-state index is 0.190. The second-order valence-corrected chi connectivity index (χ2v) is 4.46. The molecule has 2 heteroatoms. The summed E-state index contributed by atoms with van der Waals surface area (Å²) in [5.41, 5.74) is 8.47. The van der Waals surface area contributed by atoms with Crippen molar-refractivity contribution in [3.63, 3.8) is 0 Å². The summed E-state index contributed by atoms with van der Waals surface area (Å²) in [5, 5.41) is 9.15. The number of rotatable bonds is 5. The molecule has 0 heterocycles. The fraction of sp³-hybridized carbons (Fsp3) is 0.538. The Kier molecular flexibility index (Phi) is 3.39. The number of aliphatic hydroxyl groups is 1. The van der Waals surface area contributed by atoms with Crippen LogP contribution in [0.2, 0.25) is 0 Å². The molecular weight excluding hydrogens is 186 g/mol. The minimum Gasteiger partial charge on any atom is -0.396 e. The normalized spacial score (nSPS) is 17.7. The third-order valence-corrected chi connectivity index (χ3v) is 3.17. The van der Waals surface area contributed by atoms with E-state index in [2.05, 4.69) is 24.3 Å². The van der Waals surface area contributed by atoms with Gasteiger partial charge in [-0.15, -0.1) is 0 Å². The van der Waals surface area contributed by atoms with E-state index in [9.17, 15) is 0 Å². The van der Waals surface area contributed by atoms with E-state index in [1.807, 2.05) is 0 Å². The average molecular weight is 205 g/mol. The Hall–Kier alpha value is -0.860. The molecule has 0 spiro atoms. The molecule has 0 aliphatic heterocycles. The third-order valence-electron chi connectivity index (χ3n) is 3.17. The van der Waals surface area contributed by atoms with E-state index in [1.165, 1.54) is 24.0 Å². The minimum atomic E-state index is 0.190. The molecule has 2 rings (SSSR count). The summed E-state index contributed by atoms with van der Waals surface area (Å²) in [6.07, 6.45) is 3.56. The summed E-state index contributed by atoms with van der Waals surface area (Å²) < 4.78 is 0. The summed E-state index contributed by atoms with van der Waals surface area (Å²) in [6.45, 7) is 0.755. The molecule has 0 radical (unpaired) electrons. The highest BCUT2D eigenvalue weighted by molar-refractivity contribution is 5.33. The monoisotopic (exact) mass is 205 g/mol. The van der Waals surface area contributed by atoms with Crippen molar-refractivity contribution in [1.82, 2.24) is 0 Å². The largest absolute Gasteiger partial charge is 0.396 e. The summed E-state index contributed by atoms with van der Waals surface area (Å²) in [7, 11) is 0.